The van der Waals surface area contributed by atoms with E-state index in [1.54, 1.807) is 6.20 Å². The molecular weight excluding hydrogens is 366 g/mol. The minimum Gasteiger partial charge on any atom is -0.359 e. The van der Waals surface area contributed by atoms with Gasteiger partial charge in [-0.05, 0) is 48.1 Å². The normalized spacial score (nSPS) is 10.8. The molecule has 4 rings (SSSR count). The van der Waals surface area contributed by atoms with Gasteiger partial charge in [-0.3, -0.25) is 4.98 Å². The minimum atomic E-state index is 0.494. The summed E-state index contributed by atoms with van der Waals surface area (Å²) in [5, 5.41) is 9.01. The van der Waals surface area contributed by atoms with Gasteiger partial charge < -0.3 is 10.6 Å². The smallest absolute Gasteiger partial charge is 0.180 e. The van der Waals surface area contributed by atoms with Crippen LogP contribution in [0.5, 0.6) is 0 Å². The topological polar surface area (TPSA) is 62.7 Å². The average Bonchev–Trinajstić information content (AvgIpc) is 2.71. The molecule has 28 heavy (non-hydrogen) atoms. The summed E-state index contributed by atoms with van der Waals surface area (Å²) in [7, 11) is 0. The fourth-order valence-corrected chi connectivity index (χ4v) is 3.02. The Kier molecular flexibility index (Phi) is 4.95. The molecule has 2 N–H and O–H groups in total. The molecule has 4 aromatic rings. The molecule has 6 heteroatoms. The fourth-order valence-electron chi connectivity index (χ4n) is 2.85. The summed E-state index contributed by atoms with van der Waals surface area (Å²) in [5.74, 6) is 0.622. The van der Waals surface area contributed by atoms with Gasteiger partial charge in [-0.25, -0.2) is 9.97 Å². The number of thiocarbonyl (C=S) groups is 1. The first kappa shape index (κ1) is 18.0. The van der Waals surface area contributed by atoms with Crippen LogP contribution in [0.15, 0.2) is 72.9 Å². The van der Waals surface area contributed by atoms with E-state index in [9.17, 15) is 0 Å². The van der Waals surface area contributed by atoms with Crippen LogP contribution in [0.25, 0.3) is 33.2 Å². The van der Waals surface area contributed by atoms with Crippen molar-refractivity contribution in [3.63, 3.8) is 0 Å². The van der Waals surface area contributed by atoms with E-state index in [0.29, 0.717) is 23.1 Å². The minimum absolute atomic E-state index is 0.494. The van der Waals surface area contributed by atoms with E-state index in [1.165, 1.54) is 10.8 Å². The lowest BCUT2D eigenvalue weighted by atomic mass is 10.1. The van der Waals surface area contributed by atoms with Crippen molar-refractivity contribution in [3.05, 3.63) is 72.9 Å². The second-order valence-corrected chi connectivity index (χ2v) is 7.03. The number of fused-ring (bicyclic) bond motifs is 2. The van der Waals surface area contributed by atoms with Gasteiger partial charge in [-0.2, -0.15) is 0 Å². The molecule has 0 aliphatic heterocycles. The van der Waals surface area contributed by atoms with Crippen LogP contribution in [0.4, 0.5) is 5.82 Å². The maximum Gasteiger partial charge on any atom is 0.180 e. The van der Waals surface area contributed by atoms with Crippen molar-refractivity contribution in [2.75, 3.05) is 11.9 Å². The molecule has 0 spiro atoms. The molecule has 2 heterocycles. The van der Waals surface area contributed by atoms with E-state index in [-0.39, 0.29) is 0 Å². The molecule has 0 saturated heterocycles. The zero-order chi connectivity index (χ0) is 19.5. The van der Waals surface area contributed by atoms with Gasteiger partial charge in [0.1, 0.15) is 11.3 Å². The van der Waals surface area contributed by atoms with Crippen molar-refractivity contribution in [2.45, 2.75) is 6.92 Å². The number of aromatic nitrogens is 3. The third-order valence-corrected chi connectivity index (χ3v) is 4.49. The summed E-state index contributed by atoms with van der Waals surface area (Å²) in [6, 6.07) is 18.2. The predicted octanol–water partition coefficient (Wildman–Crippen LogP) is 4.71. The Morgan fingerprint density at radius 2 is 1.86 bits per heavy atom. The number of hydrogen-bond donors (Lipinski definition) is 2. The van der Waals surface area contributed by atoms with Crippen LogP contribution >= 0.6 is 12.2 Å². The highest BCUT2D eigenvalue weighted by Crippen LogP contribution is 2.24. The van der Waals surface area contributed by atoms with Crippen LogP contribution < -0.4 is 10.6 Å². The van der Waals surface area contributed by atoms with Crippen LogP contribution in [-0.2, 0) is 0 Å². The van der Waals surface area contributed by atoms with E-state index in [4.69, 9.17) is 17.2 Å². The maximum atomic E-state index is 5.29. The van der Waals surface area contributed by atoms with Crippen molar-refractivity contribution in [1.29, 1.82) is 0 Å². The second kappa shape index (κ2) is 7.70. The maximum absolute atomic E-state index is 5.29. The molecule has 0 atom stereocenters. The number of rotatable bonds is 4. The highest BCUT2D eigenvalue weighted by molar-refractivity contribution is 7.80. The predicted molar refractivity (Wildman–Crippen MR) is 119 cm³/mol. The SMILES string of the molecule is C=C(C)CNC(=S)Nc1ccc2ncc(-c3ccc4ccccc4c3)nc2n1. The van der Waals surface area contributed by atoms with Crippen molar-refractivity contribution >= 4 is 45.1 Å². The molecule has 138 valence electrons. The van der Waals surface area contributed by atoms with Gasteiger partial charge >= 0.3 is 0 Å². The van der Waals surface area contributed by atoms with E-state index >= 15 is 0 Å². The molecule has 5 nitrogen and oxygen atoms in total. The Balaban J connectivity index is 1.63. The lowest BCUT2D eigenvalue weighted by Crippen LogP contribution is -2.29. The van der Waals surface area contributed by atoms with Crippen molar-refractivity contribution in [3.8, 4) is 11.3 Å². The third kappa shape index (κ3) is 3.97. The highest BCUT2D eigenvalue weighted by atomic mass is 32.1. The summed E-state index contributed by atoms with van der Waals surface area (Å²) in [6.07, 6.45) is 1.78. The molecule has 0 bridgehead atoms. The number of pyridine rings is 1. The quantitative estimate of drug-likeness (QED) is 0.392. The molecule has 2 aromatic carbocycles. The number of hydrogen-bond acceptors (Lipinski definition) is 4. The van der Waals surface area contributed by atoms with Crippen molar-refractivity contribution < 1.29 is 0 Å². The molecule has 0 saturated carbocycles. The van der Waals surface area contributed by atoms with Crippen molar-refractivity contribution in [1.82, 2.24) is 20.3 Å². The second-order valence-electron chi connectivity index (χ2n) is 6.62. The standard InChI is InChI=1S/C22H19N5S/c1-14(2)12-24-22(28)27-20-10-9-18-21(26-20)25-19(13-23-18)17-8-7-15-5-3-4-6-16(15)11-17/h3-11,13H,1,12H2,2H3,(H2,24,25,26,27,28). The Bertz CT molecular complexity index is 1200. The van der Waals surface area contributed by atoms with Gasteiger partial charge in [0, 0.05) is 12.1 Å². The van der Waals surface area contributed by atoms with E-state index in [2.05, 4.69) is 57.5 Å². The Hall–Kier alpha value is -3.38. The van der Waals surface area contributed by atoms with E-state index < -0.39 is 0 Å². The van der Waals surface area contributed by atoms with Crippen LogP contribution in [0.3, 0.4) is 0 Å². The molecule has 0 amide bonds. The number of anilines is 1. The highest BCUT2D eigenvalue weighted by Gasteiger charge is 2.07. The largest absolute Gasteiger partial charge is 0.359 e. The van der Waals surface area contributed by atoms with E-state index in [0.717, 1.165) is 22.3 Å². The molecule has 0 fully saturated rings. The number of nitrogens with one attached hydrogen (secondary N) is 2. The van der Waals surface area contributed by atoms with Crippen LogP contribution in [0.1, 0.15) is 6.92 Å². The molecule has 2 aromatic heterocycles. The number of nitrogens with zero attached hydrogens (tertiary/aromatic N) is 3. The molecule has 0 aliphatic carbocycles. The lowest BCUT2D eigenvalue weighted by molar-refractivity contribution is 0.998. The van der Waals surface area contributed by atoms with Crippen molar-refractivity contribution in [2.24, 2.45) is 0 Å². The lowest BCUT2D eigenvalue weighted by Gasteiger charge is -2.10. The Morgan fingerprint density at radius 3 is 2.68 bits per heavy atom. The molecular formula is C22H19N5S. The van der Waals surface area contributed by atoms with Gasteiger partial charge in [0.25, 0.3) is 0 Å². The number of benzene rings is 2. The first-order valence-corrected chi connectivity index (χ1v) is 9.31. The summed E-state index contributed by atoms with van der Waals surface area (Å²) < 4.78 is 0. The average molecular weight is 385 g/mol. The van der Waals surface area contributed by atoms with Gasteiger partial charge in [-0.15, -0.1) is 0 Å². The van der Waals surface area contributed by atoms with Crippen LogP contribution in [0, 0.1) is 0 Å². The monoisotopic (exact) mass is 385 g/mol. The van der Waals surface area contributed by atoms with Gasteiger partial charge in [-0.1, -0.05) is 48.6 Å². The summed E-state index contributed by atoms with van der Waals surface area (Å²) in [6.45, 7) is 6.40. The molecule has 0 radical (unpaired) electrons. The molecule has 0 aliphatic rings. The summed E-state index contributed by atoms with van der Waals surface area (Å²) in [5.41, 5.74) is 4.09. The summed E-state index contributed by atoms with van der Waals surface area (Å²) in [4.78, 5) is 13.8. The molecule has 0 unspecified atom stereocenters. The Labute approximate surface area is 168 Å². The first-order chi connectivity index (χ1) is 13.6. The zero-order valence-electron chi connectivity index (χ0n) is 15.4. The first-order valence-electron chi connectivity index (χ1n) is 8.91. The summed E-state index contributed by atoms with van der Waals surface area (Å²) >= 11 is 5.29. The zero-order valence-corrected chi connectivity index (χ0v) is 16.3. The van der Waals surface area contributed by atoms with Crippen LogP contribution in [-0.4, -0.2) is 26.6 Å². The van der Waals surface area contributed by atoms with Gasteiger partial charge in [0.05, 0.1) is 11.9 Å². The Morgan fingerprint density at radius 1 is 1.04 bits per heavy atom. The third-order valence-electron chi connectivity index (χ3n) is 4.24. The fraction of sp³-hybridized carbons (Fsp3) is 0.0909. The van der Waals surface area contributed by atoms with E-state index in [1.807, 2.05) is 31.2 Å². The van der Waals surface area contributed by atoms with Crippen LogP contribution in [0.2, 0.25) is 0 Å². The van der Waals surface area contributed by atoms with Gasteiger partial charge in [0.2, 0.25) is 0 Å². The van der Waals surface area contributed by atoms with Gasteiger partial charge in [0.15, 0.2) is 10.8 Å².